The van der Waals surface area contributed by atoms with Crippen molar-refractivity contribution in [2.75, 3.05) is 19.7 Å². The number of aliphatic hydroxyl groups excluding tert-OH is 1. The standard InChI is InChI=1S/C9H21NO/c1-8(2)9(3)4-5-10-6-7-11/h8-11H,4-7H2,1-3H3/t9-/m1/s1. The zero-order chi connectivity index (χ0) is 8.69. The van der Waals surface area contributed by atoms with E-state index in [1.807, 2.05) is 0 Å². The number of aliphatic hydroxyl groups is 1. The fraction of sp³-hybridized carbons (Fsp3) is 1.00. The van der Waals surface area contributed by atoms with Crippen LogP contribution in [-0.4, -0.2) is 24.8 Å². The molecule has 0 bridgehead atoms. The number of hydrogen-bond acceptors (Lipinski definition) is 2. The van der Waals surface area contributed by atoms with Crippen LogP contribution >= 0.6 is 0 Å². The van der Waals surface area contributed by atoms with Gasteiger partial charge in [0.25, 0.3) is 0 Å². The Hall–Kier alpha value is -0.0800. The first-order valence-electron chi connectivity index (χ1n) is 4.50. The molecule has 0 aliphatic rings. The molecular formula is C9H21NO. The Balaban J connectivity index is 3.10. The maximum absolute atomic E-state index is 8.48. The highest BCUT2D eigenvalue weighted by Gasteiger charge is 2.05. The van der Waals surface area contributed by atoms with Gasteiger partial charge in [-0.2, -0.15) is 0 Å². The molecule has 0 aliphatic carbocycles. The van der Waals surface area contributed by atoms with E-state index in [0.29, 0.717) is 0 Å². The van der Waals surface area contributed by atoms with Crippen molar-refractivity contribution in [1.82, 2.24) is 5.32 Å². The van der Waals surface area contributed by atoms with Crippen LogP contribution in [-0.2, 0) is 0 Å². The normalized spacial score (nSPS) is 13.9. The second-order valence-corrected chi connectivity index (χ2v) is 3.48. The van der Waals surface area contributed by atoms with Gasteiger partial charge in [0.15, 0.2) is 0 Å². The summed E-state index contributed by atoms with van der Waals surface area (Å²) in [5.41, 5.74) is 0. The quantitative estimate of drug-likeness (QED) is 0.572. The monoisotopic (exact) mass is 159 g/mol. The van der Waals surface area contributed by atoms with Crippen LogP contribution in [0.2, 0.25) is 0 Å². The van der Waals surface area contributed by atoms with Gasteiger partial charge in [-0.1, -0.05) is 20.8 Å². The molecule has 0 aromatic heterocycles. The van der Waals surface area contributed by atoms with Gasteiger partial charge in [-0.05, 0) is 24.8 Å². The molecule has 0 saturated carbocycles. The minimum atomic E-state index is 0.246. The second kappa shape index (κ2) is 6.62. The zero-order valence-electron chi connectivity index (χ0n) is 7.93. The van der Waals surface area contributed by atoms with Gasteiger partial charge >= 0.3 is 0 Å². The summed E-state index contributed by atoms with van der Waals surface area (Å²) in [5, 5.41) is 11.6. The van der Waals surface area contributed by atoms with Crippen molar-refractivity contribution in [3.63, 3.8) is 0 Å². The largest absolute Gasteiger partial charge is 0.395 e. The van der Waals surface area contributed by atoms with Crippen LogP contribution in [0.3, 0.4) is 0 Å². The Kier molecular flexibility index (Phi) is 6.57. The molecule has 0 spiro atoms. The molecule has 0 rings (SSSR count). The van der Waals surface area contributed by atoms with Crippen molar-refractivity contribution in [3.8, 4) is 0 Å². The number of hydrogen-bond donors (Lipinski definition) is 2. The fourth-order valence-electron chi connectivity index (χ4n) is 0.867. The van der Waals surface area contributed by atoms with E-state index in [2.05, 4.69) is 26.1 Å². The lowest BCUT2D eigenvalue weighted by Gasteiger charge is -2.14. The minimum Gasteiger partial charge on any atom is -0.395 e. The third kappa shape index (κ3) is 6.32. The Morgan fingerprint density at radius 3 is 2.27 bits per heavy atom. The number of nitrogens with one attached hydrogen (secondary N) is 1. The predicted molar refractivity (Wildman–Crippen MR) is 48.6 cm³/mol. The van der Waals surface area contributed by atoms with E-state index in [1.165, 1.54) is 6.42 Å². The first-order valence-corrected chi connectivity index (χ1v) is 4.50. The lowest BCUT2D eigenvalue weighted by atomic mass is 9.95. The van der Waals surface area contributed by atoms with Gasteiger partial charge in [0.05, 0.1) is 6.61 Å². The molecule has 0 fully saturated rings. The average molecular weight is 159 g/mol. The third-order valence-corrected chi connectivity index (χ3v) is 2.20. The van der Waals surface area contributed by atoms with E-state index in [-0.39, 0.29) is 6.61 Å². The van der Waals surface area contributed by atoms with E-state index in [1.54, 1.807) is 0 Å². The van der Waals surface area contributed by atoms with Crippen LogP contribution in [0, 0.1) is 11.8 Å². The Bertz CT molecular complexity index is 83.6. The van der Waals surface area contributed by atoms with Gasteiger partial charge < -0.3 is 10.4 Å². The molecule has 0 radical (unpaired) electrons. The molecule has 0 aromatic rings. The van der Waals surface area contributed by atoms with Gasteiger partial charge in [-0.25, -0.2) is 0 Å². The molecule has 11 heavy (non-hydrogen) atoms. The van der Waals surface area contributed by atoms with E-state index in [0.717, 1.165) is 24.9 Å². The summed E-state index contributed by atoms with van der Waals surface area (Å²) >= 11 is 0. The molecule has 0 unspecified atom stereocenters. The molecule has 0 aromatic carbocycles. The van der Waals surface area contributed by atoms with Crippen molar-refractivity contribution in [2.45, 2.75) is 27.2 Å². The van der Waals surface area contributed by atoms with E-state index < -0.39 is 0 Å². The van der Waals surface area contributed by atoms with Gasteiger partial charge in [0, 0.05) is 6.54 Å². The van der Waals surface area contributed by atoms with E-state index in [4.69, 9.17) is 5.11 Å². The van der Waals surface area contributed by atoms with Crippen molar-refractivity contribution in [2.24, 2.45) is 11.8 Å². The van der Waals surface area contributed by atoms with Crippen LogP contribution in [0.4, 0.5) is 0 Å². The van der Waals surface area contributed by atoms with Crippen LogP contribution in [0.5, 0.6) is 0 Å². The van der Waals surface area contributed by atoms with Crippen LogP contribution < -0.4 is 5.32 Å². The molecule has 2 nitrogen and oxygen atoms in total. The predicted octanol–water partition coefficient (Wildman–Crippen LogP) is 1.25. The molecule has 68 valence electrons. The summed E-state index contributed by atoms with van der Waals surface area (Å²) in [6.45, 7) is 8.76. The van der Waals surface area contributed by atoms with Crippen molar-refractivity contribution in [3.05, 3.63) is 0 Å². The van der Waals surface area contributed by atoms with Crippen molar-refractivity contribution >= 4 is 0 Å². The summed E-state index contributed by atoms with van der Waals surface area (Å²) in [4.78, 5) is 0. The maximum atomic E-state index is 8.48. The molecule has 1 atom stereocenters. The highest BCUT2D eigenvalue weighted by molar-refractivity contribution is 4.58. The van der Waals surface area contributed by atoms with E-state index >= 15 is 0 Å². The lowest BCUT2D eigenvalue weighted by Crippen LogP contribution is -2.22. The first-order chi connectivity index (χ1) is 5.18. The molecule has 0 amide bonds. The van der Waals surface area contributed by atoms with Gasteiger partial charge in [0.1, 0.15) is 0 Å². The van der Waals surface area contributed by atoms with E-state index in [9.17, 15) is 0 Å². The topological polar surface area (TPSA) is 32.3 Å². The zero-order valence-corrected chi connectivity index (χ0v) is 7.93. The lowest BCUT2D eigenvalue weighted by molar-refractivity contribution is 0.288. The summed E-state index contributed by atoms with van der Waals surface area (Å²) in [6, 6.07) is 0. The first kappa shape index (κ1) is 10.9. The smallest absolute Gasteiger partial charge is 0.0555 e. The summed E-state index contributed by atoms with van der Waals surface area (Å²) in [6.07, 6.45) is 1.21. The van der Waals surface area contributed by atoms with Gasteiger partial charge in [0.2, 0.25) is 0 Å². The van der Waals surface area contributed by atoms with Crippen LogP contribution in [0.1, 0.15) is 27.2 Å². The highest BCUT2D eigenvalue weighted by atomic mass is 16.3. The summed E-state index contributed by atoms with van der Waals surface area (Å²) < 4.78 is 0. The van der Waals surface area contributed by atoms with Crippen molar-refractivity contribution in [1.29, 1.82) is 0 Å². The second-order valence-electron chi connectivity index (χ2n) is 3.48. The van der Waals surface area contributed by atoms with Crippen LogP contribution in [0.15, 0.2) is 0 Å². The molecule has 2 heteroatoms. The third-order valence-electron chi connectivity index (χ3n) is 2.20. The highest BCUT2D eigenvalue weighted by Crippen LogP contribution is 2.12. The SMILES string of the molecule is CC(C)[C@H](C)CCNCCO. The Morgan fingerprint density at radius 2 is 1.82 bits per heavy atom. The molecule has 0 aliphatic heterocycles. The van der Waals surface area contributed by atoms with Gasteiger partial charge in [-0.15, -0.1) is 0 Å². The number of rotatable bonds is 6. The fourth-order valence-corrected chi connectivity index (χ4v) is 0.867. The van der Waals surface area contributed by atoms with Gasteiger partial charge in [-0.3, -0.25) is 0 Å². The summed E-state index contributed by atoms with van der Waals surface area (Å²) in [7, 11) is 0. The molecular weight excluding hydrogens is 138 g/mol. The van der Waals surface area contributed by atoms with Crippen LogP contribution in [0.25, 0.3) is 0 Å². The Morgan fingerprint density at radius 1 is 1.18 bits per heavy atom. The molecule has 0 saturated heterocycles. The van der Waals surface area contributed by atoms with Crippen molar-refractivity contribution < 1.29 is 5.11 Å². The summed E-state index contributed by atoms with van der Waals surface area (Å²) in [5.74, 6) is 1.55. The Labute approximate surface area is 70.0 Å². The minimum absolute atomic E-state index is 0.246. The molecule has 0 heterocycles. The molecule has 2 N–H and O–H groups in total. The maximum Gasteiger partial charge on any atom is 0.0555 e. The average Bonchev–Trinajstić information content (AvgIpc) is 1.97.